The highest BCUT2D eigenvalue weighted by Gasteiger charge is 2.41. The Hall–Kier alpha value is -0.780. The van der Waals surface area contributed by atoms with Gasteiger partial charge in [0, 0.05) is 26.2 Å². The average molecular weight is 301 g/mol. The second-order valence-corrected chi connectivity index (χ2v) is 9.23. The second kappa shape index (κ2) is 5.92. The molecule has 1 aliphatic heterocycles. The average Bonchev–Trinajstić information content (AvgIpc) is 2.30. The molecule has 0 aromatic carbocycles. The van der Waals surface area contributed by atoms with Crippen LogP contribution in [0.25, 0.3) is 0 Å². The molecule has 2 rings (SSSR count). The third-order valence-corrected chi connectivity index (χ3v) is 6.93. The van der Waals surface area contributed by atoms with Gasteiger partial charge in [-0.05, 0) is 39.5 Å². The maximum atomic E-state index is 12.1. The highest BCUT2D eigenvalue weighted by molar-refractivity contribution is 7.92. The van der Waals surface area contributed by atoms with Crippen LogP contribution in [0.2, 0.25) is 0 Å². The Morgan fingerprint density at radius 1 is 1.40 bits per heavy atom. The summed E-state index contributed by atoms with van der Waals surface area (Å²) in [7, 11) is -2.99. The van der Waals surface area contributed by atoms with E-state index in [9.17, 15) is 8.42 Å². The van der Waals surface area contributed by atoms with Gasteiger partial charge >= 0.3 is 0 Å². The molecule has 0 radical (unpaired) electrons. The van der Waals surface area contributed by atoms with E-state index in [0.717, 1.165) is 25.0 Å². The lowest BCUT2D eigenvalue weighted by Crippen LogP contribution is -2.57. The van der Waals surface area contributed by atoms with Gasteiger partial charge in [-0.25, -0.2) is 8.42 Å². The minimum absolute atomic E-state index is 0.216. The lowest BCUT2D eigenvalue weighted by molar-refractivity contribution is 0.319. The number of nitrogens with one attached hydrogen (secondary N) is 1. The van der Waals surface area contributed by atoms with Crippen LogP contribution < -0.4 is 5.32 Å². The molecule has 2 fully saturated rings. The number of nitrogens with zero attached hydrogens (tertiary/aromatic N) is 2. The molecular formula is C14H27N3O2S. The number of sulfone groups is 1. The molecule has 2 aliphatic rings. The fourth-order valence-corrected chi connectivity index (χ4v) is 4.01. The summed E-state index contributed by atoms with van der Waals surface area (Å²) >= 11 is 0. The van der Waals surface area contributed by atoms with Crippen molar-refractivity contribution in [1.29, 1.82) is 0 Å². The number of rotatable bonds is 3. The standard InChI is InChI=1S/C14H27N3O2S/c1-4-15-13(16-10-12-6-5-7-12)17-8-9-20(18,19)14(2,3)11-17/h12H,4-11H2,1-3H3,(H,15,16). The Labute approximate surface area is 122 Å². The lowest BCUT2D eigenvalue weighted by atomic mass is 9.86. The molecular weight excluding hydrogens is 274 g/mol. The van der Waals surface area contributed by atoms with Crippen LogP contribution in [-0.4, -0.2) is 56.0 Å². The van der Waals surface area contributed by atoms with Gasteiger partial charge in [-0.1, -0.05) is 6.42 Å². The molecule has 1 aliphatic carbocycles. The summed E-state index contributed by atoms with van der Waals surface area (Å²) < 4.78 is 23.4. The van der Waals surface area contributed by atoms with Gasteiger partial charge in [-0.3, -0.25) is 4.99 Å². The fraction of sp³-hybridized carbons (Fsp3) is 0.929. The van der Waals surface area contributed by atoms with E-state index in [4.69, 9.17) is 4.99 Å². The summed E-state index contributed by atoms with van der Waals surface area (Å²) in [5.74, 6) is 1.82. The largest absolute Gasteiger partial charge is 0.357 e. The van der Waals surface area contributed by atoms with E-state index in [1.54, 1.807) is 0 Å². The van der Waals surface area contributed by atoms with Crippen molar-refractivity contribution in [2.75, 3.05) is 31.9 Å². The maximum absolute atomic E-state index is 12.1. The predicted octanol–water partition coefficient (Wildman–Crippen LogP) is 1.26. The van der Waals surface area contributed by atoms with Crippen LogP contribution in [0, 0.1) is 5.92 Å². The summed E-state index contributed by atoms with van der Waals surface area (Å²) in [4.78, 5) is 6.81. The molecule has 116 valence electrons. The molecule has 1 saturated carbocycles. The first-order chi connectivity index (χ1) is 9.36. The summed E-state index contributed by atoms with van der Waals surface area (Å²) in [5.41, 5.74) is 0. The molecule has 0 atom stereocenters. The van der Waals surface area contributed by atoms with E-state index < -0.39 is 14.6 Å². The highest BCUT2D eigenvalue weighted by atomic mass is 32.2. The van der Waals surface area contributed by atoms with Crippen LogP contribution in [-0.2, 0) is 9.84 Å². The number of hydrogen-bond donors (Lipinski definition) is 1. The molecule has 20 heavy (non-hydrogen) atoms. The molecule has 5 nitrogen and oxygen atoms in total. The van der Waals surface area contributed by atoms with Crippen LogP contribution in [0.15, 0.2) is 4.99 Å². The number of hydrogen-bond acceptors (Lipinski definition) is 3. The topological polar surface area (TPSA) is 61.8 Å². The van der Waals surface area contributed by atoms with Gasteiger partial charge in [0.25, 0.3) is 0 Å². The van der Waals surface area contributed by atoms with E-state index in [2.05, 4.69) is 10.2 Å². The van der Waals surface area contributed by atoms with E-state index in [-0.39, 0.29) is 5.75 Å². The van der Waals surface area contributed by atoms with Gasteiger partial charge < -0.3 is 10.2 Å². The summed E-state index contributed by atoms with van der Waals surface area (Å²) in [5, 5.41) is 3.30. The van der Waals surface area contributed by atoms with E-state index in [1.165, 1.54) is 19.3 Å². The fourth-order valence-electron chi connectivity index (χ4n) is 2.64. The zero-order valence-corrected chi connectivity index (χ0v) is 13.7. The predicted molar refractivity (Wildman–Crippen MR) is 82.8 cm³/mol. The molecule has 1 heterocycles. The minimum atomic E-state index is -2.99. The third-order valence-electron chi connectivity index (χ3n) is 4.40. The molecule has 1 N–H and O–H groups in total. The van der Waals surface area contributed by atoms with Gasteiger partial charge in [0.1, 0.15) is 0 Å². The molecule has 1 saturated heterocycles. The van der Waals surface area contributed by atoms with Gasteiger partial charge in [-0.15, -0.1) is 0 Å². The highest BCUT2D eigenvalue weighted by Crippen LogP contribution is 2.27. The summed E-state index contributed by atoms with van der Waals surface area (Å²) in [6, 6.07) is 0. The smallest absolute Gasteiger partial charge is 0.194 e. The van der Waals surface area contributed by atoms with Crippen molar-refractivity contribution in [3.05, 3.63) is 0 Å². The quantitative estimate of drug-likeness (QED) is 0.630. The van der Waals surface area contributed by atoms with Crippen LogP contribution in [0.5, 0.6) is 0 Å². The van der Waals surface area contributed by atoms with Crippen molar-refractivity contribution < 1.29 is 8.42 Å². The van der Waals surface area contributed by atoms with Crippen molar-refractivity contribution in [3.63, 3.8) is 0 Å². The Bertz CT molecular complexity index is 467. The Morgan fingerprint density at radius 2 is 2.10 bits per heavy atom. The Balaban J connectivity index is 2.05. The molecule has 0 amide bonds. The molecule has 0 spiro atoms. The van der Waals surface area contributed by atoms with Crippen LogP contribution in [0.1, 0.15) is 40.0 Å². The summed E-state index contributed by atoms with van der Waals surface area (Å²) in [6.07, 6.45) is 3.89. The Morgan fingerprint density at radius 3 is 2.60 bits per heavy atom. The van der Waals surface area contributed by atoms with Crippen molar-refractivity contribution in [1.82, 2.24) is 10.2 Å². The zero-order chi connectivity index (χ0) is 14.8. The van der Waals surface area contributed by atoms with Gasteiger partial charge in [-0.2, -0.15) is 0 Å². The molecule has 0 unspecified atom stereocenters. The summed E-state index contributed by atoms with van der Waals surface area (Å²) in [6.45, 7) is 8.41. The minimum Gasteiger partial charge on any atom is -0.357 e. The normalized spacial score (nSPS) is 26.1. The second-order valence-electron chi connectivity index (χ2n) is 6.49. The molecule has 0 bridgehead atoms. The maximum Gasteiger partial charge on any atom is 0.194 e. The Kier molecular flexibility index (Phi) is 4.62. The molecule has 0 aromatic rings. The number of guanidine groups is 1. The number of aliphatic imine (C=N–C) groups is 1. The third kappa shape index (κ3) is 3.27. The van der Waals surface area contributed by atoms with E-state index in [1.807, 2.05) is 20.8 Å². The SMILES string of the molecule is CCNC(=NCC1CCC1)N1CCS(=O)(=O)C(C)(C)C1. The molecule has 6 heteroatoms. The van der Waals surface area contributed by atoms with E-state index >= 15 is 0 Å². The van der Waals surface area contributed by atoms with Gasteiger partial charge in [0.05, 0.1) is 10.5 Å². The first-order valence-corrected chi connectivity index (χ1v) is 9.26. The zero-order valence-electron chi connectivity index (χ0n) is 12.9. The lowest BCUT2D eigenvalue weighted by Gasteiger charge is -2.39. The van der Waals surface area contributed by atoms with Crippen LogP contribution in [0.3, 0.4) is 0 Å². The van der Waals surface area contributed by atoms with Crippen molar-refractivity contribution in [3.8, 4) is 0 Å². The van der Waals surface area contributed by atoms with E-state index in [0.29, 0.717) is 13.1 Å². The van der Waals surface area contributed by atoms with Gasteiger partial charge in [0.2, 0.25) is 0 Å². The van der Waals surface area contributed by atoms with Crippen LogP contribution in [0.4, 0.5) is 0 Å². The monoisotopic (exact) mass is 301 g/mol. The van der Waals surface area contributed by atoms with Crippen molar-refractivity contribution >= 4 is 15.8 Å². The van der Waals surface area contributed by atoms with Crippen LogP contribution >= 0.6 is 0 Å². The van der Waals surface area contributed by atoms with Crippen molar-refractivity contribution in [2.24, 2.45) is 10.9 Å². The van der Waals surface area contributed by atoms with Gasteiger partial charge in [0.15, 0.2) is 15.8 Å². The first-order valence-electron chi connectivity index (χ1n) is 7.61. The first kappa shape index (κ1) is 15.6. The van der Waals surface area contributed by atoms with Crippen molar-refractivity contribution in [2.45, 2.75) is 44.8 Å². The molecule has 0 aromatic heterocycles.